The maximum absolute atomic E-state index is 6.34. The van der Waals surface area contributed by atoms with Crippen LogP contribution in [0.15, 0.2) is 0 Å². The molecule has 2 bridgehead atoms. The number of halogens is 1. The van der Waals surface area contributed by atoms with Crippen molar-refractivity contribution in [3.05, 3.63) is 0 Å². The predicted molar refractivity (Wildman–Crippen MR) is 88.3 cm³/mol. The van der Waals surface area contributed by atoms with Gasteiger partial charge in [-0.3, -0.25) is 0 Å². The summed E-state index contributed by atoms with van der Waals surface area (Å²) in [5.74, 6) is 2.51. The fourth-order valence-corrected chi connectivity index (χ4v) is 4.98. The second-order valence-corrected chi connectivity index (χ2v) is 8.27. The first-order valence-electron chi connectivity index (χ1n) is 7.47. The molecule has 4 rings (SSSR count). The molecule has 0 aromatic carbocycles. The Balaban J connectivity index is 0.00000147. The fourth-order valence-electron chi connectivity index (χ4n) is 4.47. The third kappa shape index (κ3) is 2.34. The van der Waals surface area contributed by atoms with E-state index >= 15 is 0 Å². The molecule has 116 valence electrons. The molecule has 20 heavy (non-hydrogen) atoms. The first kappa shape index (κ1) is 16.9. The number of thioether (sulfide) groups is 1. The van der Waals surface area contributed by atoms with Gasteiger partial charge in [0.1, 0.15) is 0 Å². The van der Waals surface area contributed by atoms with Gasteiger partial charge < -0.3 is 15.0 Å². The van der Waals surface area contributed by atoms with Gasteiger partial charge in [0.15, 0.2) is 0 Å². The lowest BCUT2D eigenvalue weighted by Crippen LogP contribution is -2.65. The van der Waals surface area contributed by atoms with Gasteiger partial charge in [-0.15, -0.1) is 12.4 Å². The van der Waals surface area contributed by atoms with Crippen LogP contribution in [0.4, 0.5) is 0 Å². The molecular formula is C14H27BClNO2S. The standard InChI is InChI=1S/C14H26BNO2S.ClH/c1-13(2)9-7-10(13)14(3)11(8-9)17-15(18-14)12(16)5-6-19-4;/h9-12H,5-8,16H2,1-4H3;1H/t9-,10-,11+,12-,14-;/m0./s1. The molecule has 2 N–H and O–H groups in total. The quantitative estimate of drug-likeness (QED) is 0.809. The van der Waals surface area contributed by atoms with E-state index in [0.29, 0.717) is 11.3 Å². The van der Waals surface area contributed by atoms with E-state index in [1.54, 1.807) is 0 Å². The Hall–Kier alpha value is 0.585. The molecular weight excluding hydrogens is 292 g/mol. The molecule has 0 aromatic heterocycles. The van der Waals surface area contributed by atoms with Gasteiger partial charge in [-0.2, -0.15) is 11.8 Å². The number of hydrogen-bond acceptors (Lipinski definition) is 4. The van der Waals surface area contributed by atoms with E-state index in [0.717, 1.165) is 24.5 Å². The Labute approximate surface area is 133 Å². The second-order valence-electron chi connectivity index (χ2n) is 7.28. The first-order valence-corrected chi connectivity index (χ1v) is 8.86. The van der Waals surface area contributed by atoms with Crippen molar-refractivity contribution < 1.29 is 9.31 Å². The zero-order valence-corrected chi connectivity index (χ0v) is 14.6. The van der Waals surface area contributed by atoms with Crippen molar-refractivity contribution >= 4 is 31.3 Å². The van der Waals surface area contributed by atoms with Crippen LogP contribution in [-0.2, 0) is 9.31 Å². The second kappa shape index (κ2) is 5.66. The average Bonchev–Trinajstić information content (AvgIpc) is 2.72. The van der Waals surface area contributed by atoms with Gasteiger partial charge in [0.05, 0.1) is 11.7 Å². The van der Waals surface area contributed by atoms with Crippen molar-refractivity contribution in [1.29, 1.82) is 0 Å². The van der Waals surface area contributed by atoms with Crippen LogP contribution in [0, 0.1) is 17.3 Å². The van der Waals surface area contributed by atoms with E-state index in [1.807, 2.05) is 11.8 Å². The topological polar surface area (TPSA) is 44.5 Å². The van der Waals surface area contributed by atoms with Crippen LogP contribution in [0.5, 0.6) is 0 Å². The van der Waals surface area contributed by atoms with Crippen LogP contribution in [0.25, 0.3) is 0 Å². The highest BCUT2D eigenvalue weighted by Gasteiger charge is 2.68. The van der Waals surface area contributed by atoms with Crippen molar-refractivity contribution in [2.24, 2.45) is 23.0 Å². The molecule has 3 saturated carbocycles. The molecule has 0 amide bonds. The van der Waals surface area contributed by atoms with Crippen LogP contribution >= 0.6 is 24.2 Å². The van der Waals surface area contributed by atoms with Gasteiger partial charge >= 0.3 is 7.12 Å². The molecule has 6 heteroatoms. The zero-order chi connectivity index (χ0) is 13.8. The first-order chi connectivity index (χ1) is 8.89. The lowest BCUT2D eigenvalue weighted by Gasteiger charge is -2.64. The minimum atomic E-state index is -0.197. The minimum absolute atomic E-state index is 0. The van der Waals surface area contributed by atoms with Gasteiger partial charge in [0, 0.05) is 5.94 Å². The minimum Gasteiger partial charge on any atom is -0.404 e. The van der Waals surface area contributed by atoms with Gasteiger partial charge in [-0.1, -0.05) is 13.8 Å². The maximum Gasteiger partial charge on any atom is 0.475 e. The molecule has 0 radical (unpaired) electrons. The Bertz CT molecular complexity index is 373. The summed E-state index contributed by atoms with van der Waals surface area (Å²) in [4.78, 5) is 0. The van der Waals surface area contributed by atoms with Gasteiger partial charge in [0.2, 0.25) is 0 Å². The van der Waals surface area contributed by atoms with Crippen molar-refractivity contribution in [2.45, 2.75) is 57.7 Å². The van der Waals surface area contributed by atoms with E-state index in [4.69, 9.17) is 15.0 Å². The molecule has 3 aliphatic carbocycles. The molecule has 0 unspecified atom stereocenters. The monoisotopic (exact) mass is 319 g/mol. The van der Waals surface area contributed by atoms with Crippen LogP contribution < -0.4 is 5.73 Å². The molecule has 4 aliphatic rings. The number of hydrogen-bond donors (Lipinski definition) is 1. The normalized spacial score (nSPS) is 42.5. The highest BCUT2D eigenvalue weighted by Crippen LogP contribution is 2.65. The Kier molecular flexibility index (Phi) is 4.79. The molecule has 4 fully saturated rings. The molecule has 1 saturated heterocycles. The summed E-state index contributed by atoms with van der Waals surface area (Å²) in [6.07, 6.45) is 5.78. The van der Waals surface area contributed by atoms with E-state index in [2.05, 4.69) is 27.0 Å². The van der Waals surface area contributed by atoms with Crippen LogP contribution in [-0.4, -0.2) is 36.8 Å². The summed E-state index contributed by atoms with van der Waals surface area (Å²) >= 11 is 1.83. The van der Waals surface area contributed by atoms with E-state index in [-0.39, 0.29) is 37.2 Å². The molecule has 5 atom stereocenters. The largest absolute Gasteiger partial charge is 0.475 e. The molecule has 1 aliphatic heterocycles. The van der Waals surface area contributed by atoms with Crippen molar-refractivity contribution in [1.82, 2.24) is 0 Å². The van der Waals surface area contributed by atoms with Gasteiger partial charge in [0.25, 0.3) is 0 Å². The summed E-state index contributed by atoms with van der Waals surface area (Å²) in [5.41, 5.74) is 6.54. The number of rotatable bonds is 4. The molecule has 0 spiro atoms. The van der Waals surface area contributed by atoms with Crippen molar-refractivity contribution in [3.63, 3.8) is 0 Å². The summed E-state index contributed by atoms with van der Waals surface area (Å²) in [7, 11) is -0.197. The highest BCUT2D eigenvalue weighted by molar-refractivity contribution is 7.98. The van der Waals surface area contributed by atoms with Gasteiger partial charge in [-0.25, -0.2) is 0 Å². The number of nitrogens with two attached hydrogens (primary N) is 1. The van der Waals surface area contributed by atoms with Crippen LogP contribution in [0.1, 0.15) is 40.0 Å². The smallest absolute Gasteiger partial charge is 0.404 e. The average molecular weight is 320 g/mol. The lowest BCUT2D eigenvalue weighted by atomic mass is 9.43. The van der Waals surface area contributed by atoms with E-state index in [9.17, 15) is 0 Å². The third-order valence-electron chi connectivity index (χ3n) is 5.97. The Morgan fingerprint density at radius 3 is 2.65 bits per heavy atom. The van der Waals surface area contributed by atoms with E-state index in [1.165, 1.54) is 6.42 Å². The third-order valence-corrected chi connectivity index (χ3v) is 6.62. The Morgan fingerprint density at radius 2 is 2.05 bits per heavy atom. The van der Waals surface area contributed by atoms with Gasteiger partial charge in [-0.05, 0) is 55.4 Å². The summed E-state index contributed by atoms with van der Waals surface area (Å²) in [6, 6.07) is 0. The van der Waals surface area contributed by atoms with Crippen LogP contribution in [0.3, 0.4) is 0 Å². The van der Waals surface area contributed by atoms with Crippen molar-refractivity contribution in [2.75, 3.05) is 12.0 Å². The summed E-state index contributed by atoms with van der Waals surface area (Å²) < 4.78 is 12.5. The summed E-state index contributed by atoms with van der Waals surface area (Å²) in [5, 5.41) is 0. The van der Waals surface area contributed by atoms with Crippen LogP contribution in [0.2, 0.25) is 0 Å². The maximum atomic E-state index is 6.34. The molecule has 3 nitrogen and oxygen atoms in total. The highest BCUT2D eigenvalue weighted by atomic mass is 35.5. The lowest BCUT2D eigenvalue weighted by molar-refractivity contribution is -0.199. The van der Waals surface area contributed by atoms with E-state index < -0.39 is 0 Å². The zero-order valence-electron chi connectivity index (χ0n) is 12.9. The molecule has 0 aromatic rings. The van der Waals surface area contributed by atoms with Crippen molar-refractivity contribution in [3.8, 4) is 0 Å². The molecule has 1 heterocycles. The predicted octanol–water partition coefficient (Wildman–Crippen LogP) is 2.76. The SMILES string of the molecule is CSCC[C@H](N)B1O[C@@H]2C[C@@H]3C[C@@H](C3(C)C)[C@]2(C)O1.Cl. The summed E-state index contributed by atoms with van der Waals surface area (Å²) in [6.45, 7) is 7.02. The Morgan fingerprint density at radius 1 is 1.35 bits per heavy atom. The fraction of sp³-hybridized carbons (Fsp3) is 1.00.